The molecular weight excluding hydrogens is 168 g/mol. The highest BCUT2D eigenvalue weighted by Gasteiger charge is 2.01. The molecule has 0 aromatic carbocycles. The van der Waals surface area contributed by atoms with Crippen LogP contribution in [0.4, 0.5) is 0 Å². The Balaban J connectivity index is 3.67. The van der Waals surface area contributed by atoms with Crippen molar-refractivity contribution < 1.29 is 14.9 Å². The predicted molar refractivity (Wildman–Crippen MR) is 52.4 cm³/mol. The maximum Gasteiger partial charge on any atom is 0.100 e. The van der Waals surface area contributed by atoms with Gasteiger partial charge in [0.15, 0.2) is 0 Å². The monoisotopic (exact) mass is 184 g/mol. The second-order valence-electron chi connectivity index (χ2n) is 2.53. The molecule has 13 heavy (non-hydrogen) atoms. The summed E-state index contributed by atoms with van der Waals surface area (Å²) < 4.78 is 5.09. The lowest BCUT2D eigenvalue weighted by atomic mass is 10.2. The number of aliphatic hydroxyl groups is 2. The van der Waals surface area contributed by atoms with Crippen molar-refractivity contribution >= 4 is 0 Å². The van der Waals surface area contributed by atoms with Gasteiger partial charge < -0.3 is 14.9 Å². The molecule has 0 aromatic heterocycles. The van der Waals surface area contributed by atoms with Crippen molar-refractivity contribution in [2.75, 3.05) is 19.8 Å². The molecule has 1 unspecified atom stereocenters. The Labute approximate surface area is 78.7 Å². The second-order valence-corrected chi connectivity index (χ2v) is 2.53. The molecule has 0 saturated heterocycles. The first-order chi connectivity index (χ1) is 6.24. The Kier molecular flexibility index (Phi) is 7.20. The van der Waals surface area contributed by atoms with Crippen molar-refractivity contribution in [3.05, 3.63) is 37.0 Å². The number of aliphatic hydroxyl groups excluding tert-OH is 2. The summed E-state index contributed by atoms with van der Waals surface area (Å²) in [7, 11) is 0. The van der Waals surface area contributed by atoms with Crippen molar-refractivity contribution in [2.45, 2.75) is 6.10 Å². The fourth-order valence-corrected chi connectivity index (χ4v) is 0.692. The topological polar surface area (TPSA) is 49.7 Å². The third-order valence-corrected chi connectivity index (χ3v) is 1.38. The van der Waals surface area contributed by atoms with E-state index < -0.39 is 6.10 Å². The van der Waals surface area contributed by atoms with Crippen LogP contribution in [-0.2, 0) is 4.74 Å². The summed E-state index contributed by atoms with van der Waals surface area (Å²) >= 11 is 0. The molecule has 3 nitrogen and oxygen atoms in total. The molecular formula is C10H16O3. The molecule has 3 heteroatoms. The molecule has 0 amide bonds. The van der Waals surface area contributed by atoms with Crippen LogP contribution in [0.15, 0.2) is 37.0 Å². The van der Waals surface area contributed by atoms with Crippen molar-refractivity contribution in [3.8, 4) is 0 Å². The van der Waals surface area contributed by atoms with Gasteiger partial charge in [0, 0.05) is 0 Å². The molecule has 0 rings (SSSR count). The Morgan fingerprint density at radius 2 is 2.15 bits per heavy atom. The molecule has 1 atom stereocenters. The van der Waals surface area contributed by atoms with E-state index in [1.54, 1.807) is 18.2 Å². The van der Waals surface area contributed by atoms with E-state index in [-0.39, 0.29) is 13.2 Å². The smallest absolute Gasteiger partial charge is 0.100 e. The lowest BCUT2D eigenvalue weighted by molar-refractivity contribution is 0.0137. The van der Waals surface area contributed by atoms with Gasteiger partial charge in [-0.3, -0.25) is 0 Å². The average Bonchev–Trinajstić information content (AvgIpc) is 2.16. The highest BCUT2D eigenvalue weighted by Crippen LogP contribution is 1.97. The van der Waals surface area contributed by atoms with E-state index in [1.165, 1.54) is 0 Å². The normalized spacial score (nSPS) is 13.8. The zero-order chi connectivity index (χ0) is 10.1. The third kappa shape index (κ3) is 6.28. The fourth-order valence-electron chi connectivity index (χ4n) is 0.692. The zero-order valence-electron chi connectivity index (χ0n) is 7.65. The molecule has 0 spiro atoms. The van der Waals surface area contributed by atoms with Crippen LogP contribution in [0, 0.1) is 0 Å². The zero-order valence-corrected chi connectivity index (χ0v) is 7.65. The molecule has 74 valence electrons. The largest absolute Gasteiger partial charge is 0.394 e. The Bertz CT molecular complexity index is 185. The van der Waals surface area contributed by atoms with Crippen LogP contribution in [0.3, 0.4) is 0 Å². The number of allylic oxidation sites excluding steroid dienone is 2. The van der Waals surface area contributed by atoms with E-state index in [9.17, 15) is 0 Å². The molecule has 0 aliphatic rings. The van der Waals surface area contributed by atoms with Gasteiger partial charge in [-0.15, -0.1) is 0 Å². The highest BCUT2D eigenvalue weighted by atomic mass is 16.5. The van der Waals surface area contributed by atoms with Crippen LogP contribution >= 0.6 is 0 Å². The van der Waals surface area contributed by atoms with Crippen LogP contribution in [0.25, 0.3) is 0 Å². The molecule has 0 saturated carbocycles. The van der Waals surface area contributed by atoms with Crippen molar-refractivity contribution in [1.82, 2.24) is 0 Å². The number of hydrogen-bond donors (Lipinski definition) is 2. The van der Waals surface area contributed by atoms with Gasteiger partial charge in [-0.05, 0) is 5.57 Å². The van der Waals surface area contributed by atoms with Crippen molar-refractivity contribution in [2.24, 2.45) is 0 Å². The van der Waals surface area contributed by atoms with E-state index in [4.69, 9.17) is 14.9 Å². The first kappa shape index (κ1) is 12.1. The summed E-state index contributed by atoms with van der Waals surface area (Å²) in [4.78, 5) is 0. The number of rotatable bonds is 7. The Morgan fingerprint density at radius 1 is 1.46 bits per heavy atom. The van der Waals surface area contributed by atoms with Crippen LogP contribution in [0.5, 0.6) is 0 Å². The standard InChI is InChI=1S/C10H16O3/c1-3-5-9(4-2)7-13-8-10(12)6-11/h3-5,10-12H,1-2,6-8H2/b9-5+. The molecule has 0 aliphatic carbocycles. The van der Waals surface area contributed by atoms with E-state index in [2.05, 4.69) is 13.2 Å². The average molecular weight is 184 g/mol. The Hall–Kier alpha value is -0.900. The molecule has 0 heterocycles. The lowest BCUT2D eigenvalue weighted by Crippen LogP contribution is -2.19. The van der Waals surface area contributed by atoms with Crippen LogP contribution < -0.4 is 0 Å². The van der Waals surface area contributed by atoms with E-state index in [0.29, 0.717) is 6.61 Å². The summed E-state index contributed by atoms with van der Waals surface area (Å²) in [6.45, 7) is 7.34. The SMILES string of the molecule is C=C/C=C(\C=C)COCC(O)CO. The minimum absolute atomic E-state index is 0.124. The van der Waals surface area contributed by atoms with Gasteiger partial charge in [0.2, 0.25) is 0 Å². The lowest BCUT2D eigenvalue weighted by Gasteiger charge is -2.08. The van der Waals surface area contributed by atoms with E-state index in [0.717, 1.165) is 5.57 Å². The summed E-state index contributed by atoms with van der Waals surface area (Å²) in [5, 5.41) is 17.4. The van der Waals surface area contributed by atoms with Gasteiger partial charge in [-0.2, -0.15) is 0 Å². The van der Waals surface area contributed by atoms with Gasteiger partial charge in [-0.25, -0.2) is 0 Å². The summed E-state index contributed by atoms with van der Waals surface area (Å²) in [6, 6.07) is 0. The molecule has 0 aromatic rings. The third-order valence-electron chi connectivity index (χ3n) is 1.38. The first-order valence-corrected chi connectivity index (χ1v) is 4.05. The number of ether oxygens (including phenoxy) is 1. The van der Waals surface area contributed by atoms with Crippen molar-refractivity contribution in [1.29, 1.82) is 0 Å². The maximum atomic E-state index is 8.93. The molecule has 0 bridgehead atoms. The van der Waals surface area contributed by atoms with Crippen LogP contribution in [0.1, 0.15) is 0 Å². The Morgan fingerprint density at radius 3 is 2.62 bits per heavy atom. The number of hydrogen-bond acceptors (Lipinski definition) is 3. The predicted octanol–water partition coefficient (Wildman–Crippen LogP) is 0.655. The van der Waals surface area contributed by atoms with E-state index in [1.807, 2.05) is 0 Å². The summed E-state index contributed by atoms with van der Waals surface area (Å²) in [5.41, 5.74) is 0.889. The van der Waals surface area contributed by atoms with Gasteiger partial charge in [0.25, 0.3) is 0 Å². The molecule has 0 fully saturated rings. The fraction of sp³-hybridized carbons (Fsp3) is 0.400. The summed E-state index contributed by atoms with van der Waals surface area (Å²) in [5.74, 6) is 0. The maximum absolute atomic E-state index is 8.93. The van der Waals surface area contributed by atoms with E-state index >= 15 is 0 Å². The van der Waals surface area contributed by atoms with Gasteiger partial charge in [0.05, 0.1) is 19.8 Å². The minimum atomic E-state index is -0.810. The minimum Gasteiger partial charge on any atom is -0.394 e. The van der Waals surface area contributed by atoms with Crippen LogP contribution in [-0.4, -0.2) is 36.1 Å². The van der Waals surface area contributed by atoms with Crippen LogP contribution in [0.2, 0.25) is 0 Å². The second kappa shape index (κ2) is 7.73. The van der Waals surface area contributed by atoms with Gasteiger partial charge >= 0.3 is 0 Å². The highest BCUT2D eigenvalue weighted by molar-refractivity contribution is 5.21. The quantitative estimate of drug-likeness (QED) is 0.571. The molecule has 0 aliphatic heterocycles. The molecule has 2 N–H and O–H groups in total. The van der Waals surface area contributed by atoms with Gasteiger partial charge in [-0.1, -0.05) is 31.4 Å². The van der Waals surface area contributed by atoms with Gasteiger partial charge in [0.1, 0.15) is 6.10 Å². The summed E-state index contributed by atoms with van der Waals surface area (Å²) in [6.07, 6.45) is 4.27. The molecule has 0 radical (unpaired) electrons. The van der Waals surface area contributed by atoms with Crippen molar-refractivity contribution in [3.63, 3.8) is 0 Å². The first-order valence-electron chi connectivity index (χ1n) is 4.05.